The molecule has 0 aliphatic rings. The van der Waals surface area contributed by atoms with Crippen LogP contribution in [0.2, 0.25) is 5.02 Å². The maximum absolute atomic E-state index is 11.8. The molecule has 0 spiro atoms. The number of carbonyl (C=O) groups excluding carboxylic acids is 1. The highest BCUT2D eigenvalue weighted by molar-refractivity contribution is 7.89. The minimum Gasteiger partial charge on any atom is -0.351 e. The lowest BCUT2D eigenvalue weighted by Crippen LogP contribution is -2.35. The summed E-state index contributed by atoms with van der Waals surface area (Å²) >= 11 is 5.73. The monoisotopic (exact) mass is 344 g/mol. The second kappa shape index (κ2) is 6.81. The second-order valence-electron chi connectivity index (χ2n) is 4.22. The highest BCUT2D eigenvalue weighted by atomic mass is 35.5. The Morgan fingerprint density at radius 1 is 1.27 bits per heavy atom. The molecule has 0 atom stereocenters. The number of tetrazole rings is 1. The van der Waals surface area contributed by atoms with Gasteiger partial charge >= 0.3 is 5.16 Å². The first-order chi connectivity index (χ1) is 10.4. The number of aryl methyl sites for hydroxylation is 1. The molecule has 0 aliphatic heterocycles. The Morgan fingerprint density at radius 2 is 1.95 bits per heavy atom. The summed E-state index contributed by atoms with van der Waals surface area (Å²) in [6, 6.07) is 6.34. The molecule has 2 aromatic rings. The molecule has 0 saturated carbocycles. The van der Waals surface area contributed by atoms with Crippen LogP contribution in [0, 0.1) is 0 Å². The number of nitrogens with one attached hydrogen (secondary N) is 2. The third-order valence-electron chi connectivity index (χ3n) is 2.54. The third-order valence-corrected chi connectivity index (χ3v) is 4.02. The van der Waals surface area contributed by atoms with E-state index in [1.807, 2.05) is 0 Å². The Hall–Kier alpha value is -2.04. The normalized spacial score (nSPS) is 11.4. The molecule has 0 unspecified atom stereocenters. The number of benzene rings is 1. The van der Waals surface area contributed by atoms with Crippen LogP contribution in [0.15, 0.2) is 29.4 Å². The summed E-state index contributed by atoms with van der Waals surface area (Å²) in [6.45, 7) is 0.112. The first kappa shape index (κ1) is 16.3. The average Bonchev–Trinajstić information content (AvgIpc) is 2.92. The minimum absolute atomic E-state index is 0.0000820. The Labute approximate surface area is 131 Å². The van der Waals surface area contributed by atoms with Crippen molar-refractivity contribution in [1.29, 1.82) is 0 Å². The van der Waals surface area contributed by atoms with Gasteiger partial charge in [-0.25, -0.2) is 13.1 Å². The maximum atomic E-state index is 11.8. The van der Waals surface area contributed by atoms with Gasteiger partial charge in [0.1, 0.15) is 0 Å². The molecule has 9 nitrogen and oxygen atoms in total. The van der Waals surface area contributed by atoms with Crippen LogP contribution in [0.3, 0.4) is 0 Å². The van der Waals surface area contributed by atoms with Crippen LogP contribution in [0.25, 0.3) is 0 Å². The topological polar surface area (TPSA) is 119 Å². The number of amides is 1. The number of hydrogen-bond acceptors (Lipinski definition) is 6. The van der Waals surface area contributed by atoms with E-state index in [1.54, 1.807) is 24.3 Å². The van der Waals surface area contributed by atoms with Crippen LogP contribution >= 0.6 is 11.6 Å². The third kappa shape index (κ3) is 4.23. The van der Waals surface area contributed by atoms with Crippen molar-refractivity contribution in [2.75, 3.05) is 13.1 Å². The molecule has 1 aromatic carbocycles. The van der Waals surface area contributed by atoms with Gasteiger partial charge in [-0.2, -0.15) is 4.80 Å². The lowest BCUT2D eigenvalue weighted by molar-refractivity contribution is 0.0954. The zero-order valence-electron chi connectivity index (χ0n) is 11.5. The molecular formula is C11H13ClN6O3S. The van der Waals surface area contributed by atoms with E-state index in [2.05, 4.69) is 25.4 Å². The highest BCUT2D eigenvalue weighted by Crippen LogP contribution is 2.09. The molecule has 0 fully saturated rings. The summed E-state index contributed by atoms with van der Waals surface area (Å²) < 4.78 is 25.8. The fourth-order valence-corrected chi connectivity index (χ4v) is 2.50. The summed E-state index contributed by atoms with van der Waals surface area (Å²) in [7, 11) is -2.38. The molecule has 118 valence electrons. The standard InChI is InChI=1S/C11H13ClN6O3S/c1-18-16-11(15-17-18)22(20,21)14-7-6-13-10(19)8-2-4-9(12)5-3-8/h2-5,14H,6-7H2,1H3,(H,13,19). The first-order valence-corrected chi connectivity index (χ1v) is 8.02. The Balaban J connectivity index is 1.82. The van der Waals surface area contributed by atoms with Crippen molar-refractivity contribution in [1.82, 2.24) is 30.2 Å². The van der Waals surface area contributed by atoms with E-state index >= 15 is 0 Å². The van der Waals surface area contributed by atoms with E-state index in [0.29, 0.717) is 10.6 Å². The van der Waals surface area contributed by atoms with Crippen LogP contribution in [0.1, 0.15) is 10.4 Å². The summed E-state index contributed by atoms with van der Waals surface area (Å²) in [5, 5.41) is 13.1. The highest BCUT2D eigenvalue weighted by Gasteiger charge is 2.19. The number of aromatic nitrogens is 4. The van der Waals surface area contributed by atoms with Crippen molar-refractivity contribution in [3.8, 4) is 0 Å². The SMILES string of the molecule is Cn1nnc(S(=O)(=O)NCCNC(=O)c2ccc(Cl)cc2)n1. The van der Waals surface area contributed by atoms with Crippen molar-refractivity contribution < 1.29 is 13.2 Å². The molecule has 22 heavy (non-hydrogen) atoms. The van der Waals surface area contributed by atoms with E-state index in [9.17, 15) is 13.2 Å². The van der Waals surface area contributed by atoms with Gasteiger partial charge in [-0.05, 0) is 29.5 Å². The molecule has 2 rings (SSSR count). The minimum atomic E-state index is -3.83. The Bertz CT molecular complexity index is 758. The van der Waals surface area contributed by atoms with E-state index in [0.717, 1.165) is 4.80 Å². The van der Waals surface area contributed by atoms with E-state index in [-0.39, 0.29) is 19.0 Å². The van der Waals surface area contributed by atoms with Crippen molar-refractivity contribution in [3.63, 3.8) is 0 Å². The van der Waals surface area contributed by atoms with Gasteiger partial charge in [-0.15, -0.1) is 5.10 Å². The van der Waals surface area contributed by atoms with Gasteiger partial charge in [-0.3, -0.25) is 4.79 Å². The van der Waals surface area contributed by atoms with Gasteiger partial charge < -0.3 is 5.32 Å². The average molecular weight is 345 g/mol. The number of carbonyl (C=O) groups is 1. The van der Waals surface area contributed by atoms with E-state index in [1.165, 1.54) is 7.05 Å². The summed E-state index contributed by atoms with van der Waals surface area (Å²) in [5.41, 5.74) is 0.433. The number of halogens is 1. The number of nitrogens with zero attached hydrogens (tertiary/aromatic N) is 4. The van der Waals surface area contributed by atoms with Crippen LogP contribution in [-0.4, -0.2) is 47.6 Å². The zero-order valence-corrected chi connectivity index (χ0v) is 13.1. The first-order valence-electron chi connectivity index (χ1n) is 6.16. The quantitative estimate of drug-likeness (QED) is 0.686. The number of rotatable bonds is 6. The molecule has 0 saturated heterocycles. The van der Waals surface area contributed by atoms with E-state index < -0.39 is 15.2 Å². The van der Waals surface area contributed by atoms with E-state index in [4.69, 9.17) is 11.6 Å². The molecule has 11 heteroatoms. The molecule has 2 N–H and O–H groups in total. The second-order valence-corrected chi connectivity index (χ2v) is 6.32. The molecular weight excluding hydrogens is 332 g/mol. The van der Waals surface area contributed by atoms with Crippen molar-refractivity contribution in [2.24, 2.45) is 7.05 Å². The molecule has 0 aliphatic carbocycles. The lowest BCUT2D eigenvalue weighted by atomic mass is 10.2. The van der Waals surface area contributed by atoms with Gasteiger partial charge in [0.2, 0.25) is 0 Å². The molecule has 1 amide bonds. The molecule has 1 heterocycles. The zero-order chi connectivity index (χ0) is 16.2. The molecule has 1 aromatic heterocycles. The van der Waals surface area contributed by atoms with Crippen LogP contribution in [0.4, 0.5) is 0 Å². The van der Waals surface area contributed by atoms with Gasteiger partial charge in [-0.1, -0.05) is 16.7 Å². The predicted molar refractivity (Wildman–Crippen MR) is 77.8 cm³/mol. The fourth-order valence-electron chi connectivity index (χ4n) is 1.50. The maximum Gasteiger partial charge on any atom is 0.303 e. The summed E-state index contributed by atoms with van der Waals surface area (Å²) in [4.78, 5) is 12.8. The fraction of sp³-hybridized carbons (Fsp3) is 0.273. The predicted octanol–water partition coefficient (Wildman–Crippen LogP) is -0.428. The largest absolute Gasteiger partial charge is 0.351 e. The Morgan fingerprint density at radius 3 is 2.55 bits per heavy atom. The number of hydrogen-bond donors (Lipinski definition) is 2. The van der Waals surface area contributed by atoms with Crippen LogP contribution in [0.5, 0.6) is 0 Å². The molecule has 0 bridgehead atoms. The van der Waals surface area contributed by atoms with Gasteiger partial charge in [0.15, 0.2) is 0 Å². The van der Waals surface area contributed by atoms with Gasteiger partial charge in [0.05, 0.1) is 7.05 Å². The van der Waals surface area contributed by atoms with Crippen molar-refractivity contribution in [2.45, 2.75) is 5.16 Å². The number of sulfonamides is 1. The van der Waals surface area contributed by atoms with Crippen molar-refractivity contribution in [3.05, 3.63) is 34.9 Å². The Kier molecular flexibility index (Phi) is 5.06. The summed E-state index contributed by atoms with van der Waals surface area (Å²) in [5.74, 6) is -0.325. The van der Waals surface area contributed by atoms with Crippen LogP contribution in [-0.2, 0) is 17.1 Å². The smallest absolute Gasteiger partial charge is 0.303 e. The lowest BCUT2D eigenvalue weighted by Gasteiger charge is -2.06. The van der Waals surface area contributed by atoms with Crippen LogP contribution < -0.4 is 10.0 Å². The van der Waals surface area contributed by atoms with Gasteiger partial charge in [0.25, 0.3) is 15.9 Å². The van der Waals surface area contributed by atoms with Crippen molar-refractivity contribution >= 4 is 27.5 Å². The molecule has 0 radical (unpaired) electrons. The summed E-state index contributed by atoms with van der Waals surface area (Å²) in [6.07, 6.45) is 0. The van der Waals surface area contributed by atoms with Gasteiger partial charge in [0, 0.05) is 23.7 Å².